The lowest BCUT2D eigenvalue weighted by molar-refractivity contribution is 1.05. The zero-order valence-electron chi connectivity index (χ0n) is 23.7. The van der Waals surface area contributed by atoms with E-state index in [1.165, 1.54) is 5.39 Å². The van der Waals surface area contributed by atoms with Crippen LogP contribution in [0, 0.1) is 0 Å². The predicted molar refractivity (Wildman–Crippen MR) is 178 cm³/mol. The maximum absolute atomic E-state index is 5.02. The molecule has 44 heavy (non-hydrogen) atoms. The molecule has 206 valence electrons. The molecule has 0 saturated carbocycles. The fourth-order valence-corrected chi connectivity index (χ4v) is 5.44. The predicted octanol–water partition coefficient (Wildman–Crippen LogP) is 9.30. The van der Waals surface area contributed by atoms with Crippen LogP contribution in [0.15, 0.2) is 152 Å². The van der Waals surface area contributed by atoms with Crippen molar-refractivity contribution >= 4 is 21.5 Å². The van der Waals surface area contributed by atoms with Crippen LogP contribution in [0.2, 0.25) is 0 Å². The highest BCUT2D eigenvalue weighted by Gasteiger charge is 2.17. The van der Waals surface area contributed by atoms with Crippen LogP contribution in [0.3, 0.4) is 0 Å². The first-order chi connectivity index (χ1) is 21.8. The lowest BCUT2D eigenvalue weighted by Gasteiger charge is -2.11. The molecule has 0 amide bonds. The Labute approximate surface area is 254 Å². The van der Waals surface area contributed by atoms with E-state index in [2.05, 4.69) is 72.8 Å². The lowest BCUT2D eigenvalue weighted by atomic mass is 10.0. The summed E-state index contributed by atoms with van der Waals surface area (Å²) >= 11 is 0. The van der Waals surface area contributed by atoms with Gasteiger partial charge in [0.15, 0.2) is 23.3 Å². The maximum Gasteiger partial charge on any atom is 0.182 e. The first kappa shape index (κ1) is 25.6. The molecule has 0 aliphatic carbocycles. The van der Waals surface area contributed by atoms with Crippen LogP contribution in [0.25, 0.3) is 78.5 Å². The summed E-state index contributed by atoms with van der Waals surface area (Å²) in [5.74, 6) is 2.28. The highest BCUT2D eigenvalue weighted by molar-refractivity contribution is 5.88. The third kappa shape index (κ3) is 4.97. The van der Waals surface area contributed by atoms with Crippen molar-refractivity contribution in [2.45, 2.75) is 0 Å². The molecule has 5 nitrogen and oxygen atoms in total. The number of aromatic nitrogens is 5. The summed E-state index contributed by atoms with van der Waals surface area (Å²) in [6, 6.07) is 51.3. The van der Waals surface area contributed by atoms with Gasteiger partial charge in [0.25, 0.3) is 0 Å². The monoisotopic (exact) mass is 563 g/mol. The zero-order chi connectivity index (χ0) is 29.3. The van der Waals surface area contributed by atoms with Gasteiger partial charge >= 0.3 is 0 Å². The summed E-state index contributed by atoms with van der Waals surface area (Å²) < 4.78 is 0. The molecule has 0 saturated heterocycles. The Morgan fingerprint density at radius 1 is 0.250 bits per heavy atom. The van der Waals surface area contributed by atoms with Crippen LogP contribution < -0.4 is 0 Å². The van der Waals surface area contributed by atoms with E-state index in [9.17, 15) is 0 Å². The van der Waals surface area contributed by atoms with Gasteiger partial charge in [0.1, 0.15) is 5.69 Å². The van der Waals surface area contributed by atoms with Crippen LogP contribution in [0.5, 0.6) is 0 Å². The van der Waals surface area contributed by atoms with E-state index in [1.807, 2.05) is 78.9 Å². The topological polar surface area (TPSA) is 64.5 Å². The van der Waals surface area contributed by atoms with Crippen LogP contribution in [0.4, 0.5) is 0 Å². The Bertz CT molecular complexity index is 2120. The number of hydrogen-bond acceptors (Lipinski definition) is 5. The number of hydrogen-bond donors (Lipinski definition) is 0. The summed E-state index contributed by atoms with van der Waals surface area (Å²) in [6.45, 7) is 0. The fraction of sp³-hybridized carbons (Fsp3) is 0. The van der Waals surface area contributed by atoms with E-state index in [4.69, 9.17) is 24.9 Å². The molecule has 8 aromatic rings. The summed E-state index contributed by atoms with van der Waals surface area (Å²) in [5.41, 5.74) is 5.17. The summed E-state index contributed by atoms with van der Waals surface area (Å²) in [7, 11) is 0. The Balaban J connectivity index is 1.35. The van der Waals surface area contributed by atoms with Crippen LogP contribution in [-0.4, -0.2) is 24.9 Å². The van der Waals surface area contributed by atoms with E-state index in [1.54, 1.807) is 0 Å². The van der Waals surface area contributed by atoms with Crippen molar-refractivity contribution < 1.29 is 0 Å². The normalized spacial score (nSPS) is 11.2. The molecule has 6 aromatic carbocycles. The van der Waals surface area contributed by atoms with Crippen molar-refractivity contribution in [2.24, 2.45) is 0 Å². The molecule has 0 unspecified atom stereocenters. The molecule has 5 heteroatoms. The quantitative estimate of drug-likeness (QED) is 0.209. The molecule has 2 heterocycles. The molecule has 0 bridgehead atoms. The van der Waals surface area contributed by atoms with Crippen molar-refractivity contribution in [3.8, 4) is 56.9 Å². The summed E-state index contributed by atoms with van der Waals surface area (Å²) in [6.07, 6.45) is 0. The van der Waals surface area contributed by atoms with Gasteiger partial charge in [-0.3, -0.25) is 0 Å². The smallest absolute Gasteiger partial charge is 0.182 e. The van der Waals surface area contributed by atoms with Crippen molar-refractivity contribution in [3.05, 3.63) is 152 Å². The third-order valence-electron chi connectivity index (χ3n) is 7.71. The zero-order valence-corrected chi connectivity index (χ0v) is 23.7. The highest BCUT2D eigenvalue weighted by atomic mass is 15.1. The van der Waals surface area contributed by atoms with Crippen LogP contribution in [0.1, 0.15) is 0 Å². The Morgan fingerprint density at radius 2 is 0.682 bits per heavy atom. The van der Waals surface area contributed by atoms with Crippen LogP contribution >= 0.6 is 0 Å². The Morgan fingerprint density at radius 3 is 1.30 bits per heavy atom. The fourth-order valence-electron chi connectivity index (χ4n) is 5.44. The molecule has 0 aliphatic rings. The Hall–Kier alpha value is -6.07. The Kier molecular flexibility index (Phi) is 6.39. The second kappa shape index (κ2) is 11.0. The molecule has 0 aliphatic heterocycles. The maximum atomic E-state index is 5.02. The second-order valence-corrected chi connectivity index (χ2v) is 10.6. The van der Waals surface area contributed by atoms with Gasteiger partial charge < -0.3 is 0 Å². The van der Waals surface area contributed by atoms with Gasteiger partial charge in [-0.25, -0.2) is 24.9 Å². The molecule has 0 radical (unpaired) electrons. The number of rotatable bonds is 5. The lowest BCUT2D eigenvalue weighted by Crippen LogP contribution is -2.03. The van der Waals surface area contributed by atoms with Gasteiger partial charge in [0.05, 0.1) is 5.69 Å². The highest BCUT2D eigenvalue weighted by Crippen LogP contribution is 2.31. The molecular weight excluding hydrogens is 538 g/mol. The SMILES string of the molecule is c1ccc(-c2nc(-c3ccc4ccccc4c3)cc(-c3nc(-c4ccccc4)nc(-c4ccc5ccccc5c4)n3)n2)cc1. The average molecular weight is 564 g/mol. The van der Waals surface area contributed by atoms with Gasteiger partial charge in [-0.2, -0.15) is 0 Å². The molecular formula is C39H25N5. The third-order valence-corrected chi connectivity index (χ3v) is 7.71. The first-order valence-electron chi connectivity index (χ1n) is 14.5. The minimum atomic E-state index is 0.489. The second-order valence-electron chi connectivity index (χ2n) is 10.6. The molecule has 0 fully saturated rings. The molecule has 0 N–H and O–H groups in total. The molecule has 2 aromatic heterocycles. The van der Waals surface area contributed by atoms with E-state index in [0.29, 0.717) is 29.0 Å². The van der Waals surface area contributed by atoms with E-state index >= 15 is 0 Å². The summed E-state index contributed by atoms with van der Waals surface area (Å²) in [4.78, 5) is 25.0. The van der Waals surface area contributed by atoms with Gasteiger partial charge in [-0.05, 0) is 39.7 Å². The van der Waals surface area contributed by atoms with Crippen LogP contribution in [-0.2, 0) is 0 Å². The average Bonchev–Trinajstić information content (AvgIpc) is 3.11. The van der Waals surface area contributed by atoms with Crippen molar-refractivity contribution in [3.63, 3.8) is 0 Å². The summed E-state index contributed by atoms with van der Waals surface area (Å²) in [5, 5.41) is 4.62. The molecule has 8 rings (SSSR count). The van der Waals surface area contributed by atoms with Crippen molar-refractivity contribution in [1.29, 1.82) is 0 Å². The van der Waals surface area contributed by atoms with Crippen molar-refractivity contribution in [1.82, 2.24) is 24.9 Å². The largest absolute Gasteiger partial charge is 0.228 e. The minimum Gasteiger partial charge on any atom is -0.228 e. The number of nitrogens with zero attached hydrogens (tertiary/aromatic N) is 5. The van der Waals surface area contributed by atoms with Crippen molar-refractivity contribution in [2.75, 3.05) is 0 Å². The first-order valence-corrected chi connectivity index (χ1v) is 14.5. The number of benzene rings is 6. The number of fused-ring (bicyclic) bond motifs is 2. The van der Waals surface area contributed by atoms with Gasteiger partial charge in [-0.1, -0.05) is 133 Å². The standard InChI is InChI=1S/C39H25N5/c1-3-13-28(14-4-1)36-40-34(32-21-19-26-11-7-9-17-30(26)23-32)25-35(41-36)39-43-37(29-15-5-2-6-16-29)42-38(44-39)33-22-20-27-12-8-10-18-31(27)24-33/h1-25H. The van der Waals surface area contributed by atoms with E-state index in [0.717, 1.165) is 44.1 Å². The molecule has 0 spiro atoms. The van der Waals surface area contributed by atoms with E-state index in [-0.39, 0.29) is 0 Å². The van der Waals surface area contributed by atoms with Gasteiger partial charge in [0.2, 0.25) is 0 Å². The molecule has 0 atom stereocenters. The van der Waals surface area contributed by atoms with Gasteiger partial charge in [0, 0.05) is 22.3 Å². The minimum absolute atomic E-state index is 0.489. The van der Waals surface area contributed by atoms with E-state index < -0.39 is 0 Å². The van der Waals surface area contributed by atoms with Gasteiger partial charge in [-0.15, -0.1) is 0 Å².